The van der Waals surface area contributed by atoms with Crippen LogP contribution < -0.4 is 5.32 Å². The first kappa shape index (κ1) is 11.0. The van der Waals surface area contributed by atoms with Gasteiger partial charge in [-0.15, -0.1) is 5.10 Å². The summed E-state index contributed by atoms with van der Waals surface area (Å²) in [6.45, 7) is 1.31. The van der Waals surface area contributed by atoms with Crippen molar-refractivity contribution in [3.63, 3.8) is 0 Å². The molecule has 0 radical (unpaired) electrons. The lowest BCUT2D eigenvalue weighted by Crippen LogP contribution is -2.11. The van der Waals surface area contributed by atoms with Crippen molar-refractivity contribution >= 4 is 11.5 Å². The molecule has 0 unspecified atom stereocenters. The van der Waals surface area contributed by atoms with Crippen LogP contribution in [0, 0.1) is 10.1 Å². The van der Waals surface area contributed by atoms with E-state index in [2.05, 4.69) is 20.6 Å². The fourth-order valence-electron chi connectivity index (χ4n) is 1.27. The number of hydrogen-bond acceptors (Lipinski definition) is 6. The molecule has 0 atom stereocenters. The van der Waals surface area contributed by atoms with Crippen LogP contribution in [0.25, 0.3) is 0 Å². The van der Waals surface area contributed by atoms with Gasteiger partial charge in [0.25, 0.3) is 0 Å². The summed E-state index contributed by atoms with van der Waals surface area (Å²) >= 11 is 0. The fourth-order valence-corrected chi connectivity index (χ4v) is 1.27. The van der Waals surface area contributed by atoms with Crippen LogP contribution in [0.4, 0.5) is 11.5 Å². The highest BCUT2D eigenvalue weighted by Gasteiger charge is 2.05. The maximum absolute atomic E-state index is 10.4. The van der Waals surface area contributed by atoms with Gasteiger partial charge in [0.2, 0.25) is 0 Å². The number of pyridine rings is 1. The standard InChI is InChI=1S/C9H10N6O2/c16-15(17)9-2-1-8(7-11-9)10-3-5-14-6-4-12-13-14/h1-2,4,6-7,10H,3,5H2. The Morgan fingerprint density at radius 2 is 2.35 bits per heavy atom. The van der Waals surface area contributed by atoms with Crippen molar-refractivity contribution in [2.24, 2.45) is 0 Å². The summed E-state index contributed by atoms with van der Waals surface area (Å²) in [4.78, 5) is 13.6. The first-order chi connectivity index (χ1) is 8.25. The van der Waals surface area contributed by atoms with Crippen LogP contribution in [0.1, 0.15) is 0 Å². The number of nitrogens with one attached hydrogen (secondary N) is 1. The van der Waals surface area contributed by atoms with Crippen LogP contribution in [0.3, 0.4) is 0 Å². The monoisotopic (exact) mass is 234 g/mol. The molecule has 0 saturated carbocycles. The van der Waals surface area contributed by atoms with Crippen molar-refractivity contribution in [1.29, 1.82) is 0 Å². The Morgan fingerprint density at radius 1 is 1.47 bits per heavy atom. The Labute approximate surface area is 96.4 Å². The third kappa shape index (κ3) is 2.97. The lowest BCUT2D eigenvalue weighted by molar-refractivity contribution is -0.389. The first-order valence-electron chi connectivity index (χ1n) is 4.94. The lowest BCUT2D eigenvalue weighted by Gasteiger charge is -2.03. The summed E-state index contributed by atoms with van der Waals surface area (Å²) in [5, 5.41) is 20.9. The molecule has 0 aromatic carbocycles. The summed E-state index contributed by atoms with van der Waals surface area (Å²) in [5.41, 5.74) is 0.732. The average Bonchev–Trinajstić information content (AvgIpc) is 2.83. The molecule has 2 heterocycles. The van der Waals surface area contributed by atoms with Gasteiger partial charge < -0.3 is 15.4 Å². The predicted octanol–water partition coefficient (Wildman–Crippen LogP) is 0.693. The van der Waals surface area contributed by atoms with Gasteiger partial charge in [-0.25, -0.2) is 0 Å². The first-order valence-corrected chi connectivity index (χ1v) is 4.94. The SMILES string of the molecule is O=[N+]([O-])c1ccc(NCCn2ccnn2)cn1. The Bertz CT molecular complexity index is 481. The molecule has 0 aliphatic rings. The molecule has 0 aliphatic heterocycles. The maximum Gasteiger partial charge on any atom is 0.363 e. The Kier molecular flexibility index (Phi) is 3.24. The summed E-state index contributed by atoms with van der Waals surface area (Å²) in [5.74, 6) is -0.160. The van der Waals surface area contributed by atoms with E-state index in [1.54, 1.807) is 23.1 Å². The minimum Gasteiger partial charge on any atom is -0.380 e. The van der Waals surface area contributed by atoms with E-state index in [-0.39, 0.29) is 5.82 Å². The number of nitrogens with zero attached hydrogens (tertiary/aromatic N) is 5. The van der Waals surface area contributed by atoms with E-state index in [0.29, 0.717) is 13.1 Å². The van der Waals surface area contributed by atoms with Gasteiger partial charge in [0, 0.05) is 18.8 Å². The lowest BCUT2D eigenvalue weighted by atomic mass is 10.4. The largest absolute Gasteiger partial charge is 0.380 e. The summed E-state index contributed by atoms with van der Waals surface area (Å²) in [6.07, 6.45) is 4.79. The van der Waals surface area contributed by atoms with E-state index in [4.69, 9.17) is 0 Å². The molecule has 2 aromatic heterocycles. The van der Waals surface area contributed by atoms with Crippen LogP contribution in [0.15, 0.2) is 30.7 Å². The molecule has 0 amide bonds. The normalized spacial score (nSPS) is 10.1. The topological polar surface area (TPSA) is 98.8 Å². The highest BCUT2D eigenvalue weighted by atomic mass is 16.6. The van der Waals surface area contributed by atoms with E-state index >= 15 is 0 Å². The fraction of sp³-hybridized carbons (Fsp3) is 0.222. The van der Waals surface area contributed by atoms with Crippen molar-refractivity contribution in [1.82, 2.24) is 20.0 Å². The van der Waals surface area contributed by atoms with E-state index in [1.807, 2.05) is 0 Å². The Morgan fingerprint density at radius 3 is 2.94 bits per heavy atom. The average molecular weight is 234 g/mol. The number of nitro groups is 1. The van der Waals surface area contributed by atoms with Crippen molar-refractivity contribution in [2.45, 2.75) is 6.54 Å². The molecule has 2 rings (SSSR count). The number of rotatable bonds is 5. The van der Waals surface area contributed by atoms with Gasteiger partial charge >= 0.3 is 5.82 Å². The van der Waals surface area contributed by atoms with E-state index < -0.39 is 4.92 Å². The second-order valence-corrected chi connectivity index (χ2v) is 3.26. The second kappa shape index (κ2) is 5.01. The van der Waals surface area contributed by atoms with Gasteiger partial charge in [-0.3, -0.25) is 4.68 Å². The minimum absolute atomic E-state index is 0.160. The summed E-state index contributed by atoms with van der Waals surface area (Å²) < 4.78 is 1.69. The van der Waals surface area contributed by atoms with E-state index in [1.165, 1.54) is 12.3 Å². The quantitative estimate of drug-likeness (QED) is 0.603. The smallest absolute Gasteiger partial charge is 0.363 e. The highest BCUT2D eigenvalue weighted by molar-refractivity contribution is 5.43. The van der Waals surface area contributed by atoms with E-state index in [0.717, 1.165) is 5.69 Å². The molecule has 1 N–H and O–H groups in total. The molecular formula is C9H10N6O2. The van der Waals surface area contributed by atoms with Gasteiger partial charge in [0.05, 0.1) is 18.4 Å². The zero-order chi connectivity index (χ0) is 12.1. The Hall–Kier alpha value is -2.51. The summed E-state index contributed by atoms with van der Waals surface area (Å²) in [6, 6.07) is 2.98. The molecule has 0 saturated heterocycles. The highest BCUT2D eigenvalue weighted by Crippen LogP contribution is 2.10. The van der Waals surface area contributed by atoms with E-state index in [9.17, 15) is 10.1 Å². The van der Waals surface area contributed by atoms with Crippen LogP contribution in [0.5, 0.6) is 0 Å². The minimum atomic E-state index is -0.529. The molecule has 8 nitrogen and oxygen atoms in total. The molecule has 0 bridgehead atoms. The predicted molar refractivity (Wildman–Crippen MR) is 59.4 cm³/mol. The van der Waals surface area contributed by atoms with Crippen LogP contribution in [-0.4, -0.2) is 31.4 Å². The molecule has 8 heteroatoms. The zero-order valence-corrected chi connectivity index (χ0v) is 8.85. The number of anilines is 1. The van der Waals surface area contributed by atoms with Gasteiger partial charge in [0.1, 0.15) is 0 Å². The second-order valence-electron chi connectivity index (χ2n) is 3.26. The zero-order valence-electron chi connectivity index (χ0n) is 8.85. The van der Waals surface area contributed by atoms with Gasteiger partial charge in [0.15, 0.2) is 6.20 Å². The van der Waals surface area contributed by atoms with Crippen molar-refractivity contribution in [3.05, 3.63) is 40.8 Å². The Balaban J connectivity index is 1.85. The van der Waals surface area contributed by atoms with Crippen LogP contribution in [-0.2, 0) is 6.54 Å². The molecule has 0 fully saturated rings. The molecule has 88 valence electrons. The van der Waals surface area contributed by atoms with Crippen molar-refractivity contribution < 1.29 is 4.92 Å². The molecule has 17 heavy (non-hydrogen) atoms. The molecule has 0 spiro atoms. The van der Waals surface area contributed by atoms with Crippen molar-refractivity contribution in [2.75, 3.05) is 11.9 Å². The maximum atomic E-state index is 10.4. The third-order valence-electron chi connectivity index (χ3n) is 2.08. The third-order valence-corrected chi connectivity index (χ3v) is 2.08. The van der Waals surface area contributed by atoms with Gasteiger partial charge in [-0.2, -0.15) is 0 Å². The van der Waals surface area contributed by atoms with Crippen molar-refractivity contribution in [3.8, 4) is 0 Å². The summed E-state index contributed by atoms with van der Waals surface area (Å²) in [7, 11) is 0. The van der Waals surface area contributed by atoms with Gasteiger partial charge in [-0.05, 0) is 16.0 Å². The number of aromatic nitrogens is 4. The van der Waals surface area contributed by atoms with Crippen LogP contribution in [0.2, 0.25) is 0 Å². The molecule has 0 aliphatic carbocycles. The molecular weight excluding hydrogens is 224 g/mol. The number of hydrogen-bond donors (Lipinski definition) is 1. The van der Waals surface area contributed by atoms with Crippen LogP contribution >= 0.6 is 0 Å². The molecule has 2 aromatic rings. The van der Waals surface area contributed by atoms with Gasteiger partial charge in [-0.1, -0.05) is 5.21 Å².